The monoisotopic (exact) mass is 260 g/mol. The molecule has 19 heavy (non-hydrogen) atoms. The van der Waals surface area contributed by atoms with Gasteiger partial charge in [-0.25, -0.2) is 0 Å². The van der Waals surface area contributed by atoms with Crippen molar-refractivity contribution >= 4 is 11.6 Å². The number of hydrogen-bond donors (Lipinski definition) is 1. The highest BCUT2D eigenvalue weighted by molar-refractivity contribution is 5.81. The van der Waals surface area contributed by atoms with E-state index in [1.165, 1.54) is 5.56 Å². The number of para-hydroxylation sites is 1. The van der Waals surface area contributed by atoms with E-state index in [9.17, 15) is 4.79 Å². The Morgan fingerprint density at radius 2 is 2.00 bits per heavy atom. The molecule has 1 saturated heterocycles. The van der Waals surface area contributed by atoms with Gasteiger partial charge in [0.25, 0.3) is 0 Å². The number of likely N-dealkylation sites (tertiary alicyclic amines) is 1. The Hall–Kier alpha value is -1.51. The lowest BCUT2D eigenvalue weighted by molar-refractivity contribution is -0.130. The van der Waals surface area contributed by atoms with Gasteiger partial charge in [0.15, 0.2) is 0 Å². The third-order valence-corrected chi connectivity index (χ3v) is 3.96. The number of hydrogen-bond acceptors (Lipinski definition) is 2. The number of amides is 1. The van der Waals surface area contributed by atoms with Crippen LogP contribution in [0.2, 0.25) is 0 Å². The fourth-order valence-corrected chi connectivity index (χ4v) is 2.54. The van der Waals surface area contributed by atoms with Crippen LogP contribution in [0.3, 0.4) is 0 Å². The van der Waals surface area contributed by atoms with Crippen molar-refractivity contribution in [1.82, 2.24) is 4.90 Å². The fourth-order valence-electron chi connectivity index (χ4n) is 2.54. The standard InChI is InChI=1S/C16H24N2O/c1-3-14-6-4-5-7-15(14)17-12-16(19)18-10-8-13(2)9-11-18/h4-7,13,17H,3,8-12H2,1-2H3. The Bertz CT molecular complexity index is 423. The zero-order chi connectivity index (χ0) is 13.7. The van der Waals surface area contributed by atoms with Crippen molar-refractivity contribution in [2.24, 2.45) is 5.92 Å². The highest BCUT2D eigenvalue weighted by Gasteiger charge is 2.19. The van der Waals surface area contributed by atoms with Gasteiger partial charge in [-0.05, 0) is 36.8 Å². The van der Waals surface area contributed by atoms with Crippen LogP contribution in [0.15, 0.2) is 24.3 Å². The molecule has 0 spiro atoms. The molecule has 1 aromatic rings. The summed E-state index contributed by atoms with van der Waals surface area (Å²) in [5, 5.41) is 3.28. The molecule has 1 aliphatic rings. The van der Waals surface area contributed by atoms with Gasteiger partial charge in [0, 0.05) is 18.8 Å². The Balaban J connectivity index is 1.86. The van der Waals surface area contributed by atoms with Crippen LogP contribution in [0, 0.1) is 5.92 Å². The lowest BCUT2D eigenvalue weighted by atomic mass is 9.99. The van der Waals surface area contributed by atoms with Gasteiger partial charge in [-0.15, -0.1) is 0 Å². The van der Waals surface area contributed by atoms with Crippen LogP contribution in [-0.2, 0) is 11.2 Å². The second-order valence-electron chi connectivity index (χ2n) is 5.43. The number of rotatable bonds is 4. The van der Waals surface area contributed by atoms with Gasteiger partial charge >= 0.3 is 0 Å². The molecule has 3 heteroatoms. The molecule has 0 saturated carbocycles. The van der Waals surface area contributed by atoms with Crippen molar-refractivity contribution in [3.05, 3.63) is 29.8 Å². The van der Waals surface area contributed by atoms with Crippen LogP contribution in [0.25, 0.3) is 0 Å². The van der Waals surface area contributed by atoms with Gasteiger partial charge in [-0.1, -0.05) is 32.0 Å². The van der Waals surface area contributed by atoms with E-state index in [4.69, 9.17) is 0 Å². The summed E-state index contributed by atoms with van der Waals surface area (Å²) in [5.74, 6) is 0.982. The maximum Gasteiger partial charge on any atom is 0.241 e. The van der Waals surface area contributed by atoms with Crippen LogP contribution in [0.4, 0.5) is 5.69 Å². The van der Waals surface area contributed by atoms with Crippen molar-refractivity contribution in [2.45, 2.75) is 33.1 Å². The van der Waals surface area contributed by atoms with Crippen LogP contribution < -0.4 is 5.32 Å². The van der Waals surface area contributed by atoms with E-state index in [-0.39, 0.29) is 5.91 Å². The Morgan fingerprint density at radius 3 is 2.68 bits per heavy atom. The maximum absolute atomic E-state index is 12.1. The van der Waals surface area contributed by atoms with Gasteiger partial charge < -0.3 is 10.2 Å². The molecular weight excluding hydrogens is 236 g/mol. The highest BCUT2D eigenvalue weighted by atomic mass is 16.2. The molecule has 1 aromatic carbocycles. The van der Waals surface area contributed by atoms with E-state index in [0.717, 1.165) is 44.0 Å². The molecule has 1 heterocycles. The normalized spacial score (nSPS) is 16.4. The molecule has 1 N–H and O–H groups in total. The van der Waals surface area contributed by atoms with Crippen molar-refractivity contribution in [3.8, 4) is 0 Å². The Labute approximate surface area is 116 Å². The highest BCUT2D eigenvalue weighted by Crippen LogP contribution is 2.17. The molecule has 3 nitrogen and oxygen atoms in total. The summed E-state index contributed by atoms with van der Waals surface area (Å²) in [7, 11) is 0. The van der Waals surface area contributed by atoms with E-state index in [2.05, 4.69) is 25.2 Å². The summed E-state index contributed by atoms with van der Waals surface area (Å²) in [4.78, 5) is 14.1. The van der Waals surface area contributed by atoms with Gasteiger partial charge in [0.05, 0.1) is 6.54 Å². The van der Waals surface area contributed by atoms with E-state index < -0.39 is 0 Å². The van der Waals surface area contributed by atoms with Crippen molar-refractivity contribution in [1.29, 1.82) is 0 Å². The molecule has 0 bridgehead atoms. The SMILES string of the molecule is CCc1ccccc1NCC(=O)N1CCC(C)CC1. The number of nitrogens with zero attached hydrogens (tertiary/aromatic N) is 1. The zero-order valence-corrected chi connectivity index (χ0v) is 12.0. The van der Waals surface area contributed by atoms with Crippen molar-refractivity contribution in [3.63, 3.8) is 0 Å². The molecule has 2 rings (SSSR count). The largest absolute Gasteiger partial charge is 0.376 e. The molecule has 0 unspecified atom stereocenters. The second-order valence-corrected chi connectivity index (χ2v) is 5.43. The molecule has 0 aromatic heterocycles. The quantitative estimate of drug-likeness (QED) is 0.902. The average molecular weight is 260 g/mol. The first-order valence-electron chi connectivity index (χ1n) is 7.30. The predicted molar refractivity (Wildman–Crippen MR) is 79.3 cm³/mol. The fraction of sp³-hybridized carbons (Fsp3) is 0.562. The van der Waals surface area contributed by atoms with E-state index in [0.29, 0.717) is 6.54 Å². The molecule has 104 valence electrons. The smallest absolute Gasteiger partial charge is 0.241 e. The minimum atomic E-state index is 0.220. The topological polar surface area (TPSA) is 32.3 Å². The van der Waals surface area contributed by atoms with Gasteiger partial charge in [-0.2, -0.15) is 0 Å². The van der Waals surface area contributed by atoms with Crippen LogP contribution in [0.1, 0.15) is 32.3 Å². The minimum Gasteiger partial charge on any atom is -0.376 e. The van der Waals surface area contributed by atoms with Crippen LogP contribution >= 0.6 is 0 Å². The van der Waals surface area contributed by atoms with Crippen molar-refractivity contribution < 1.29 is 4.79 Å². The summed E-state index contributed by atoms with van der Waals surface area (Å²) < 4.78 is 0. The molecular formula is C16H24N2O. The van der Waals surface area contributed by atoms with Crippen LogP contribution in [0.5, 0.6) is 0 Å². The predicted octanol–water partition coefficient (Wildman–Crippen LogP) is 2.92. The molecule has 1 amide bonds. The first-order valence-corrected chi connectivity index (χ1v) is 7.30. The summed E-state index contributed by atoms with van der Waals surface area (Å²) in [6, 6.07) is 8.20. The molecule has 1 fully saturated rings. The van der Waals surface area contributed by atoms with Gasteiger partial charge in [-0.3, -0.25) is 4.79 Å². The number of nitrogens with one attached hydrogen (secondary N) is 1. The summed E-state index contributed by atoms with van der Waals surface area (Å²) >= 11 is 0. The third-order valence-electron chi connectivity index (χ3n) is 3.96. The first-order chi connectivity index (χ1) is 9.20. The zero-order valence-electron chi connectivity index (χ0n) is 12.0. The number of carbonyl (C=O) groups excluding carboxylic acids is 1. The molecule has 0 radical (unpaired) electrons. The lowest BCUT2D eigenvalue weighted by Gasteiger charge is -2.30. The lowest BCUT2D eigenvalue weighted by Crippen LogP contribution is -2.41. The first kappa shape index (κ1) is 13.9. The number of anilines is 1. The average Bonchev–Trinajstić information content (AvgIpc) is 2.45. The molecule has 1 aliphatic heterocycles. The van der Waals surface area contributed by atoms with Crippen molar-refractivity contribution in [2.75, 3.05) is 25.0 Å². The second kappa shape index (κ2) is 6.60. The van der Waals surface area contributed by atoms with E-state index in [1.54, 1.807) is 0 Å². The molecule has 0 atom stereocenters. The summed E-state index contributed by atoms with van der Waals surface area (Å²) in [6.07, 6.45) is 3.26. The summed E-state index contributed by atoms with van der Waals surface area (Å²) in [5.41, 5.74) is 2.35. The molecule has 0 aliphatic carbocycles. The third kappa shape index (κ3) is 3.72. The maximum atomic E-state index is 12.1. The van der Waals surface area contributed by atoms with Crippen LogP contribution in [-0.4, -0.2) is 30.4 Å². The number of aryl methyl sites for hydroxylation is 1. The Morgan fingerprint density at radius 1 is 1.32 bits per heavy atom. The number of carbonyl (C=O) groups is 1. The van der Waals surface area contributed by atoms with E-state index >= 15 is 0 Å². The number of piperidine rings is 1. The number of benzene rings is 1. The van der Waals surface area contributed by atoms with Gasteiger partial charge in [0.2, 0.25) is 5.91 Å². The summed E-state index contributed by atoms with van der Waals surface area (Å²) in [6.45, 7) is 6.63. The van der Waals surface area contributed by atoms with E-state index in [1.807, 2.05) is 23.1 Å². The Kier molecular flexibility index (Phi) is 4.83. The van der Waals surface area contributed by atoms with Gasteiger partial charge in [0.1, 0.15) is 0 Å². The minimum absolute atomic E-state index is 0.220.